The summed E-state index contributed by atoms with van der Waals surface area (Å²) in [5.41, 5.74) is 0.839. The van der Waals surface area contributed by atoms with Crippen molar-refractivity contribution < 1.29 is 12.8 Å². The lowest BCUT2D eigenvalue weighted by Gasteiger charge is -2.20. The Balaban J connectivity index is 3.14. The number of hydrogen-bond donors (Lipinski definition) is 0. The van der Waals surface area contributed by atoms with Crippen molar-refractivity contribution >= 4 is 21.6 Å². The second-order valence-electron chi connectivity index (χ2n) is 4.76. The lowest BCUT2D eigenvalue weighted by atomic mass is 10.1. The van der Waals surface area contributed by atoms with E-state index in [-0.39, 0.29) is 10.3 Å². The van der Waals surface area contributed by atoms with Gasteiger partial charge in [0.25, 0.3) is 0 Å². The second kappa shape index (κ2) is 6.20. The molecular formula is C13H19ClFNO2S. The molecule has 3 nitrogen and oxygen atoms in total. The fraction of sp³-hybridized carbons (Fsp3) is 0.538. The summed E-state index contributed by atoms with van der Waals surface area (Å²) in [6.45, 7) is 5.35. The van der Waals surface area contributed by atoms with Gasteiger partial charge in [0.15, 0.2) is 0 Å². The minimum absolute atomic E-state index is 0.0898. The molecule has 0 aliphatic carbocycles. The molecule has 0 heterocycles. The Kier molecular flexibility index (Phi) is 5.35. The van der Waals surface area contributed by atoms with Crippen molar-refractivity contribution in [1.82, 2.24) is 4.31 Å². The Morgan fingerprint density at radius 1 is 1.32 bits per heavy atom. The molecule has 0 fully saturated rings. The first kappa shape index (κ1) is 16.4. The van der Waals surface area contributed by atoms with Gasteiger partial charge in [-0.3, -0.25) is 0 Å². The minimum atomic E-state index is -3.60. The molecule has 0 spiro atoms. The first-order valence-electron chi connectivity index (χ1n) is 6.03. The van der Waals surface area contributed by atoms with Gasteiger partial charge in [-0.1, -0.05) is 0 Å². The number of rotatable bonds is 5. The molecule has 1 unspecified atom stereocenters. The number of sulfonamides is 1. The molecule has 0 radical (unpaired) electrons. The van der Waals surface area contributed by atoms with Crippen molar-refractivity contribution in [1.29, 1.82) is 0 Å². The van der Waals surface area contributed by atoms with E-state index < -0.39 is 15.8 Å². The third-order valence-electron chi connectivity index (χ3n) is 2.94. The van der Waals surface area contributed by atoms with Crippen LogP contribution in [-0.4, -0.2) is 31.7 Å². The van der Waals surface area contributed by atoms with Gasteiger partial charge in [-0.15, -0.1) is 11.6 Å². The molecule has 0 aromatic heterocycles. The summed E-state index contributed by atoms with van der Waals surface area (Å²) < 4.78 is 39.4. The third kappa shape index (κ3) is 3.91. The van der Waals surface area contributed by atoms with Gasteiger partial charge < -0.3 is 0 Å². The maximum Gasteiger partial charge on any atom is 0.243 e. The standard InChI is InChI=1S/C13H19ClFNO2S/c1-9-7-12(15)8-10(2)13(9)19(17,18)16(4)6-5-11(3)14/h7-8,11H,5-6H2,1-4H3. The molecule has 6 heteroatoms. The zero-order chi connectivity index (χ0) is 14.8. The van der Waals surface area contributed by atoms with Crippen LogP contribution in [0.3, 0.4) is 0 Å². The molecule has 1 aromatic rings. The molecular weight excluding hydrogens is 289 g/mol. The number of hydrogen-bond acceptors (Lipinski definition) is 2. The summed E-state index contributed by atoms with van der Waals surface area (Å²) in [4.78, 5) is 0.179. The molecule has 1 rings (SSSR count). The van der Waals surface area contributed by atoms with Crippen molar-refractivity contribution in [2.45, 2.75) is 37.5 Å². The van der Waals surface area contributed by atoms with Gasteiger partial charge in [0.05, 0.1) is 4.90 Å². The highest BCUT2D eigenvalue weighted by atomic mass is 35.5. The topological polar surface area (TPSA) is 37.4 Å². The van der Waals surface area contributed by atoms with E-state index in [4.69, 9.17) is 11.6 Å². The van der Waals surface area contributed by atoms with Crippen molar-refractivity contribution in [2.24, 2.45) is 0 Å². The van der Waals surface area contributed by atoms with Crippen molar-refractivity contribution in [3.63, 3.8) is 0 Å². The second-order valence-corrected chi connectivity index (χ2v) is 7.49. The number of halogens is 2. The molecule has 0 saturated heterocycles. The Bertz CT molecular complexity index is 535. The van der Waals surface area contributed by atoms with Gasteiger partial charge in [-0.25, -0.2) is 17.1 Å². The summed E-state index contributed by atoms with van der Waals surface area (Å²) in [7, 11) is -2.09. The van der Waals surface area contributed by atoms with E-state index in [2.05, 4.69) is 0 Å². The predicted molar refractivity (Wildman–Crippen MR) is 75.6 cm³/mol. The van der Waals surface area contributed by atoms with Crippen LogP contribution >= 0.6 is 11.6 Å². The van der Waals surface area contributed by atoms with Gasteiger partial charge in [-0.05, 0) is 50.5 Å². The van der Waals surface area contributed by atoms with E-state index in [1.54, 1.807) is 13.8 Å². The summed E-state index contributed by atoms with van der Waals surface area (Å²) in [5, 5.41) is -0.0898. The first-order valence-corrected chi connectivity index (χ1v) is 7.91. The molecule has 0 amide bonds. The Hall–Kier alpha value is -0.650. The van der Waals surface area contributed by atoms with Crippen LogP contribution in [0, 0.1) is 19.7 Å². The summed E-state index contributed by atoms with van der Waals surface area (Å²) in [5.74, 6) is -0.425. The summed E-state index contributed by atoms with van der Waals surface area (Å²) >= 11 is 5.83. The SMILES string of the molecule is Cc1cc(F)cc(C)c1S(=O)(=O)N(C)CCC(C)Cl. The maximum absolute atomic E-state index is 13.2. The fourth-order valence-corrected chi connectivity index (χ4v) is 3.63. The Morgan fingerprint density at radius 2 is 1.79 bits per heavy atom. The largest absolute Gasteiger partial charge is 0.243 e. The van der Waals surface area contributed by atoms with Crippen LogP contribution in [0.25, 0.3) is 0 Å². The van der Waals surface area contributed by atoms with Gasteiger partial charge in [0, 0.05) is 19.0 Å². The average Bonchev–Trinajstić information content (AvgIpc) is 2.23. The van der Waals surface area contributed by atoms with Crippen molar-refractivity contribution in [3.8, 4) is 0 Å². The number of aryl methyl sites for hydroxylation is 2. The Labute approximate surface area is 119 Å². The average molecular weight is 308 g/mol. The van der Waals surface area contributed by atoms with Gasteiger partial charge >= 0.3 is 0 Å². The molecule has 108 valence electrons. The number of nitrogens with zero attached hydrogens (tertiary/aromatic N) is 1. The predicted octanol–water partition coefficient (Wildman–Crippen LogP) is 3.08. The molecule has 0 aliphatic rings. The lowest BCUT2D eigenvalue weighted by Crippen LogP contribution is -2.30. The zero-order valence-electron chi connectivity index (χ0n) is 11.6. The fourth-order valence-electron chi connectivity index (χ4n) is 1.94. The quantitative estimate of drug-likeness (QED) is 0.784. The monoisotopic (exact) mass is 307 g/mol. The smallest absolute Gasteiger partial charge is 0.207 e. The van der Waals surface area contributed by atoms with Crippen LogP contribution in [0.15, 0.2) is 17.0 Å². The summed E-state index contributed by atoms with van der Waals surface area (Å²) in [6, 6.07) is 2.47. The van der Waals surface area contributed by atoms with Crippen molar-refractivity contribution in [2.75, 3.05) is 13.6 Å². The van der Waals surface area contributed by atoms with E-state index in [1.165, 1.54) is 23.5 Å². The molecule has 0 saturated carbocycles. The van der Waals surface area contributed by atoms with E-state index in [1.807, 2.05) is 6.92 Å². The van der Waals surface area contributed by atoms with Crippen LogP contribution < -0.4 is 0 Å². The molecule has 0 bridgehead atoms. The Morgan fingerprint density at radius 3 is 2.21 bits per heavy atom. The maximum atomic E-state index is 13.2. The normalized spacial score (nSPS) is 13.8. The van der Waals surface area contributed by atoms with Crippen LogP contribution in [0.5, 0.6) is 0 Å². The third-order valence-corrected chi connectivity index (χ3v) is 5.32. The molecule has 19 heavy (non-hydrogen) atoms. The van der Waals surface area contributed by atoms with E-state index >= 15 is 0 Å². The van der Waals surface area contributed by atoms with Crippen LogP contribution in [-0.2, 0) is 10.0 Å². The minimum Gasteiger partial charge on any atom is -0.207 e. The lowest BCUT2D eigenvalue weighted by molar-refractivity contribution is 0.459. The molecule has 0 N–H and O–H groups in total. The molecule has 1 aromatic carbocycles. The van der Waals surface area contributed by atoms with Crippen LogP contribution in [0.2, 0.25) is 0 Å². The van der Waals surface area contributed by atoms with E-state index in [0.29, 0.717) is 24.1 Å². The van der Waals surface area contributed by atoms with Crippen molar-refractivity contribution in [3.05, 3.63) is 29.1 Å². The highest BCUT2D eigenvalue weighted by Gasteiger charge is 2.25. The number of alkyl halides is 1. The highest BCUT2D eigenvalue weighted by Crippen LogP contribution is 2.24. The molecule has 1 atom stereocenters. The van der Waals surface area contributed by atoms with E-state index in [0.717, 1.165) is 0 Å². The van der Waals surface area contributed by atoms with Gasteiger partial charge in [0.1, 0.15) is 5.82 Å². The van der Waals surface area contributed by atoms with E-state index in [9.17, 15) is 12.8 Å². The molecule has 0 aliphatic heterocycles. The van der Waals surface area contributed by atoms with Crippen LogP contribution in [0.1, 0.15) is 24.5 Å². The number of benzene rings is 1. The summed E-state index contributed by atoms with van der Waals surface area (Å²) in [6.07, 6.45) is 0.566. The first-order chi connectivity index (χ1) is 8.66. The van der Waals surface area contributed by atoms with Crippen LogP contribution in [0.4, 0.5) is 4.39 Å². The van der Waals surface area contributed by atoms with Gasteiger partial charge in [-0.2, -0.15) is 0 Å². The van der Waals surface area contributed by atoms with Gasteiger partial charge in [0.2, 0.25) is 10.0 Å². The zero-order valence-corrected chi connectivity index (χ0v) is 13.1. The highest BCUT2D eigenvalue weighted by molar-refractivity contribution is 7.89.